The van der Waals surface area contributed by atoms with Crippen molar-refractivity contribution >= 4 is 17.4 Å². The fourth-order valence-corrected chi connectivity index (χ4v) is 4.50. The highest BCUT2D eigenvalue weighted by molar-refractivity contribution is 6.03. The third-order valence-corrected chi connectivity index (χ3v) is 6.57. The molecule has 2 aromatic rings. The fourth-order valence-electron chi connectivity index (χ4n) is 4.50. The maximum absolute atomic E-state index is 11.6. The molecule has 29 heavy (non-hydrogen) atoms. The number of rotatable bonds is 3. The Bertz CT molecular complexity index is 971. The molecule has 0 unspecified atom stereocenters. The van der Waals surface area contributed by atoms with E-state index >= 15 is 0 Å². The molecule has 0 saturated heterocycles. The predicted molar refractivity (Wildman–Crippen MR) is 118 cm³/mol. The zero-order valence-electron chi connectivity index (χ0n) is 18.1. The second kappa shape index (κ2) is 7.01. The third-order valence-electron chi connectivity index (χ3n) is 6.57. The SMILES string of the molecule is COC(=O)c1ccc(N2CCC(c3ccc4c(c3)C(C)(C)CCC4(C)C)=N2)cc1. The van der Waals surface area contributed by atoms with Gasteiger partial charge in [0.1, 0.15) is 0 Å². The van der Waals surface area contributed by atoms with Gasteiger partial charge in [0.25, 0.3) is 0 Å². The molecule has 2 aromatic carbocycles. The number of fused-ring (bicyclic) bond motifs is 1. The van der Waals surface area contributed by atoms with Crippen molar-refractivity contribution in [3.8, 4) is 0 Å². The summed E-state index contributed by atoms with van der Waals surface area (Å²) in [5, 5.41) is 6.91. The topological polar surface area (TPSA) is 41.9 Å². The van der Waals surface area contributed by atoms with Crippen LogP contribution in [0.4, 0.5) is 5.69 Å². The first-order valence-electron chi connectivity index (χ1n) is 10.4. The van der Waals surface area contributed by atoms with Crippen LogP contribution in [0.3, 0.4) is 0 Å². The molecule has 0 atom stereocenters. The van der Waals surface area contributed by atoms with Crippen LogP contribution in [0.2, 0.25) is 0 Å². The van der Waals surface area contributed by atoms with Gasteiger partial charge in [-0.2, -0.15) is 5.10 Å². The second-order valence-corrected chi connectivity index (χ2v) is 9.49. The number of anilines is 1. The van der Waals surface area contributed by atoms with Gasteiger partial charge in [-0.15, -0.1) is 0 Å². The highest BCUT2D eigenvalue weighted by Crippen LogP contribution is 2.46. The van der Waals surface area contributed by atoms with Gasteiger partial charge in [-0.1, -0.05) is 39.8 Å². The average molecular weight is 391 g/mol. The second-order valence-electron chi connectivity index (χ2n) is 9.49. The van der Waals surface area contributed by atoms with E-state index in [1.807, 2.05) is 17.1 Å². The van der Waals surface area contributed by atoms with Crippen LogP contribution < -0.4 is 5.01 Å². The van der Waals surface area contributed by atoms with Crippen molar-refractivity contribution in [3.63, 3.8) is 0 Å². The lowest BCUT2D eigenvalue weighted by atomic mass is 9.63. The number of carbonyl (C=O) groups is 1. The minimum Gasteiger partial charge on any atom is -0.465 e. The summed E-state index contributed by atoms with van der Waals surface area (Å²) in [5.41, 5.74) is 7.28. The Labute approximate surface area is 173 Å². The van der Waals surface area contributed by atoms with Gasteiger partial charge in [0.05, 0.1) is 24.1 Å². The molecule has 0 aromatic heterocycles. The Kier molecular flexibility index (Phi) is 4.76. The van der Waals surface area contributed by atoms with Crippen LogP contribution in [0.1, 0.15) is 74.0 Å². The van der Waals surface area contributed by atoms with Crippen LogP contribution in [-0.2, 0) is 15.6 Å². The number of hydrogen-bond acceptors (Lipinski definition) is 4. The first-order chi connectivity index (χ1) is 13.7. The van der Waals surface area contributed by atoms with E-state index in [1.165, 1.54) is 36.6 Å². The minimum atomic E-state index is -0.318. The maximum Gasteiger partial charge on any atom is 0.337 e. The Morgan fingerprint density at radius 2 is 1.62 bits per heavy atom. The Balaban J connectivity index is 1.62. The van der Waals surface area contributed by atoms with Crippen LogP contribution in [0.15, 0.2) is 47.6 Å². The largest absolute Gasteiger partial charge is 0.465 e. The molecule has 4 heteroatoms. The van der Waals surface area contributed by atoms with E-state index in [4.69, 9.17) is 9.84 Å². The Morgan fingerprint density at radius 3 is 2.28 bits per heavy atom. The zero-order valence-corrected chi connectivity index (χ0v) is 18.1. The lowest BCUT2D eigenvalue weighted by Gasteiger charge is -2.42. The van der Waals surface area contributed by atoms with Crippen molar-refractivity contribution in [2.75, 3.05) is 18.7 Å². The molecule has 0 saturated carbocycles. The van der Waals surface area contributed by atoms with Crippen molar-refractivity contribution in [2.45, 2.75) is 57.8 Å². The highest BCUT2D eigenvalue weighted by Gasteiger charge is 2.37. The maximum atomic E-state index is 11.6. The van der Waals surface area contributed by atoms with Crippen molar-refractivity contribution < 1.29 is 9.53 Å². The molecule has 1 aliphatic carbocycles. The first-order valence-corrected chi connectivity index (χ1v) is 10.4. The molecule has 2 aliphatic rings. The highest BCUT2D eigenvalue weighted by atomic mass is 16.5. The van der Waals surface area contributed by atoms with Crippen molar-refractivity contribution in [1.29, 1.82) is 0 Å². The van der Waals surface area contributed by atoms with Gasteiger partial charge < -0.3 is 4.74 Å². The number of carbonyl (C=O) groups excluding carboxylic acids is 1. The minimum absolute atomic E-state index is 0.198. The summed E-state index contributed by atoms with van der Waals surface area (Å²) in [6.07, 6.45) is 3.35. The number of hydrogen-bond donors (Lipinski definition) is 0. The van der Waals surface area contributed by atoms with E-state index < -0.39 is 0 Å². The van der Waals surface area contributed by atoms with Crippen LogP contribution in [0.5, 0.6) is 0 Å². The molecule has 152 valence electrons. The molecule has 0 bridgehead atoms. The molecule has 0 spiro atoms. The summed E-state index contributed by atoms with van der Waals surface area (Å²) in [4.78, 5) is 11.6. The number of nitrogens with zero attached hydrogens (tertiary/aromatic N) is 2. The lowest BCUT2D eigenvalue weighted by Crippen LogP contribution is -2.34. The molecule has 0 fully saturated rings. The number of esters is 1. The summed E-state index contributed by atoms with van der Waals surface area (Å²) in [6.45, 7) is 10.3. The van der Waals surface area contributed by atoms with Gasteiger partial charge in [-0.05, 0) is 70.7 Å². The molecule has 0 amide bonds. The lowest BCUT2D eigenvalue weighted by molar-refractivity contribution is 0.0600. The third kappa shape index (κ3) is 3.57. The van der Waals surface area contributed by atoms with Crippen LogP contribution in [0.25, 0.3) is 0 Å². The quantitative estimate of drug-likeness (QED) is 0.656. The normalized spacial score (nSPS) is 19.5. The number of ether oxygens (including phenoxy) is 1. The van der Waals surface area contributed by atoms with Gasteiger partial charge in [0, 0.05) is 13.0 Å². The van der Waals surface area contributed by atoms with Gasteiger partial charge in [-0.25, -0.2) is 4.79 Å². The molecule has 1 heterocycles. The molecular weight excluding hydrogens is 360 g/mol. The summed E-state index contributed by atoms with van der Waals surface area (Å²) < 4.78 is 4.77. The average Bonchev–Trinajstić information content (AvgIpc) is 3.21. The first kappa shape index (κ1) is 19.7. The van der Waals surface area contributed by atoms with Gasteiger partial charge in [-0.3, -0.25) is 5.01 Å². The Morgan fingerprint density at radius 1 is 0.966 bits per heavy atom. The fraction of sp³-hybridized carbons (Fsp3) is 0.440. The van der Waals surface area contributed by atoms with Crippen molar-refractivity contribution in [1.82, 2.24) is 0 Å². The Hall–Kier alpha value is -2.62. The van der Waals surface area contributed by atoms with Crippen LogP contribution >= 0.6 is 0 Å². The molecule has 0 radical (unpaired) electrons. The summed E-state index contributed by atoms with van der Waals surface area (Å²) in [6, 6.07) is 14.4. The van der Waals surface area contributed by atoms with E-state index in [1.54, 1.807) is 12.1 Å². The van der Waals surface area contributed by atoms with E-state index in [0.717, 1.165) is 24.4 Å². The monoisotopic (exact) mass is 390 g/mol. The summed E-state index contributed by atoms with van der Waals surface area (Å²) in [5.74, 6) is -0.318. The van der Waals surface area contributed by atoms with Crippen LogP contribution in [-0.4, -0.2) is 25.3 Å². The van der Waals surface area contributed by atoms with E-state index in [2.05, 4.69) is 45.9 Å². The van der Waals surface area contributed by atoms with E-state index in [-0.39, 0.29) is 16.8 Å². The molecule has 4 nitrogen and oxygen atoms in total. The summed E-state index contributed by atoms with van der Waals surface area (Å²) in [7, 11) is 1.40. The van der Waals surface area contributed by atoms with Crippen molar-refractivity contribution in [3.05, 3.63) is 64.7 Å². The molecule has 0 N–H and O–H groups in total. The zero-order chi connectivity index (χ0) is 20.8. The van der Waals surface area contributed by atoms with Gasteiger partial charge in [0.15, 0.2) is 0 Å². The van der Waals surface area contributed by atoms with E-state index in [9.17, 15) is 4.79 Å². The van der Waals surface area contributed by atoms with Gasteiger partial charge >= 0.3 is 5.97 Å². The number of hydrazone groups is 1. The summed E-state index contributed by atoms with van der Waals surface area (Å²) >= 11 is 0. The molecular formula is C25H30N2O2. The van der Waals surface area contributed by atoms with Gasteiger partial charge in [0.2, 0.25) is 0 Å². The standard InChI is InChI=1S/C25H30N2O2/c1-24(2)13-14-25(3,4)21-16-18(8-11-20(21)24)22-12-15-27(26-22)19-9-6-17(7-10-19)23(28)29-5/h6-11,16H,12-15H2,1-5H3. The van der Waals surface area contributed by atoms with Crippen molar-refractivity contribution in [2.24, 2.45) is 5.10 Å². The molecule has 1 aliphatic heterocycles. The number of benzene rings is 2. The van der Waals surface area contributed by atoms with Crippen LogP contribution in [0, 0.1) is 0 Å². The smallest absolute Gasteiger partial charge is 0.337 e. The van der Waals surface area contributed by atoms with E-state index in [0.29, 0.717) is 5.56 Å². The molecule has 4 rings (SSSR count). The predicted octanol–water partition coefficient (Wildman–Crippen LogP) is 5.44. The number of methoxy groups -OCH3 is 1.